The van der Waals surface area contributed by atoms with E-state index in [2.05, 4.69) is 23.7 Å². The summed E-state index contributed by atoms with van der Waals surface area (Å²) in [4.78, 5) is 21.6. The van der Waals surface area contributed by atoms with Crippen molar-refractivity contribution in [2.24, 2.45) is 11.1 Å². The highest BCUT2D eigenvalue weighted by Crippen LogP contribution is 2.28. The van der Waals surface area contributed by atoms with E-state index in [-0.39, 0.29) is 5.91 Å². The average Bonchev–Trinajstić information content (AvgIpc) is 3.19. The van der Waals surface area contributed by atoms with Gasteiger partial charge in [-0.25, -0.2) is 4.98 Å². The lowest BCUT2D eigenvalue weighted by atomic mass is 9.81. The summed E-state index contributed by atoms with van der Waals surface area (Å²) in [5, 5.41) is 0. The second-order valence-electron chi connectivity index (χ2n) is 7.24. The molecule has 6 heteroatoms. The quantitative estimate of drug-likeness (QED) is 0.811. The highest BCUT2D eigenvalue weighted by molar-refractivity contribution is 5.83. The summed E-state index contributed by atoms with van der Waals surface area (Å²) in [5.41, 5.74) is 6.56. The number of carbonyl (C=O) groups is 1. The third-order valence-electron chi connectivity index (χ3n) is 5.83. The topological polar surface area (TPSA) is 75.6 Å². The van der Waals surface area contributed by atoms with Crippen LogP contribution in [-0.2, 0) is 11.3 Å². The molecule has 3 rings (SSSR count). The molecule has 0 saturated carbocycles. The van der Waals surface area contributed by atoms with Gasteiger partial charge in [-0.1, -0.05) is 44.2 Å². The van der Waals surface area contributed by atoms with Gasteiger partial charge in [0, 0.05) is 38.3 Å². The standard InChI is InChI=1S/C21H30N4O2/c1-3-21(4-2,16-22)20(26)25-12-10-24(11-13-25)15-19-23-14-18(27-19)17-8-6-5-7-9-17/h5-9,14H,3-4,10-13,15-16,22H2,1-2H3. The molecule has 1 aromatic carbocycles. The van der Waals surface area contributed by atoms with Gasteiger partial charge in [-0.05, 0) is 12.8 Å². The van der Waals surface area contributed by atoms with Gasteiger partial charge in [-0.3, -0.25) is 9.69 Å². The van der Waals surface area contributed by atoms with Crippen molar-refractivity contribution in [3.63, 3.8) is 0 Å². The van der Waals surface area contributed by atoms with Crippen LogP contribution in [0.5, 0.6) is 0 Å². The molecule has 0 unspecified atom stereocenters. The molecule has 1 amide bonds. The van der Waals surface area contributed by atoms with Crippen molar-refractivity contribution < 1.29 is 9.21 Å². The van der Waals surface area contributed by atoms with Crippen LogP contribution in [0, 0.1) is 5.41 Å². The maximum atomic E-state index is 12.9. The van der Waals surface area contributed by atoms with Gasteiger partial charge in [0.15, 0.2) is 5.76 Å². The smallest absolute Gasteiger partial charge is 0.230 e. The van der Waals surface area contributed by atoms with Gasteiger partial charge in [0.05, 0.1) is 18.2 Å². The van der Waals surface area contributed by atoms with Crippen LogP contribution in [0.1, 0.15) is 32.6 Å². The van der Waals surface area contributed by atoms with E-state index in [1.807, 2.05) is 35.2 Å². The van der Waals surface area contributed by atoms with Crippen LogP contribution >= 0.6 is 0 Å². The Labute approximate surface area is 161 Å². The first-order valence-electron chi connectivity index (χ1n) is 9.83. The van der Waals surface area contributed by atoms with Gasteiger partial charge in [-0.15, -0.1) is 0 Å². The Morgan fingerprint density at radius 1 is 1.15 bits per heavy atom. The van der Waals surface area contributed by atoms with Crippen molar-refractivity contribution in [2.45, 2.75) is 33.2 Å². The lowest BCUT2D eigenvalue weighted by molar-refractivity contribution is -0.144. The Bertz CT molecular complexity index is 723. The summed E-state index contributed by atoms with van der Waals surface area (Å²) < 4.78 is 5.90. The molecule has 2 aromatic rings. The molecule has 146 valence electrons. The van der Waals surface area contributed by atoms with Crippen molar-refractivity contribution in [3.05, 3.63) is 42.4 Å². The van der Waals surface area contributed by atoms with E-state index in [9.17, 15) is 4.79 Å². The number of hydrogen-bond donors (Lipinski definition) is 1. The predicted octanol–water partition coefficient (Wildman–Crippen LogP) is 2.75. The number of aromatic nitrogens is 1. The normalized spacial score (nSPS) is 15.9. The molecule has 1 saturated heterocycles. The third kappa shape index (κ3) is 4.22. The molecule has 1 fully saturated rings. The van der Waals surface area contributed by atoms with Gasteiger partial charge >= 0.3 is 0 Å². The largest absolute Gasteiger partial charge is 0.439 e. The highest BCUT2D eigenvalue weighted by atomic mass is 16.4. The first kappa shape index (κ1) is 19.6. The van der Waals surface area contributed by atoms with Crippen molar-refractivity contribution in [1.29, 1.82) is 0 Å². The molecule has 6 nitrogen and oxygen atoms in total. The van der Waals surface area contributed by atoms with Crippen LogP contribution in [0.25, 0.3) is 11.3 Å². The molecule has 1 aliphatic rings. The number of benzene rings is 1. The minimum atomic E-state index is -0.407. The van der Waals surface area contributed by atoms with Gasteiger partial charge in [0.1, 0.15) is 0 Å². The zero-order chi connectivity index (χ0) is 19.3. The summed E-state index contributed by atoms with van der Waals surface area (Å²) >= 11 is 0. The Balaban J connectivity index is 1.56. The molecule has 1 aromatic heterocycles. The number of amides is 1. The van der Waals surface area contributed by atoms with E-state index in [0.717, 1.165) is 50.3 Å². The van der Waals surface area contributed by atoms with E-state index in [1.54, 1.807) is 6.20 Å². The Morgan fingerprint density at radius 3 is 2.41 bits per heavy atom. The fraction of sp³-hybridized carbons (Fsp3) is 0.524. The van der Waals surface area contributed by atoms with Gasteiger partial charge in [0.2, 0.25) is 11.8 Å². The minimum absolute atomic E-state index is 0.206. The van der Waals surface area contributed by atoms with Gasteiger partial charge < -0.3 is 15.1 Å². The van der Waals surface area contributed by atoms with Crippen molar-refractivity contribution >= 4 is 5.91 Å². The number of nitrogens with zero attached hydrogens (tertiary/aromatic N) is 3. The zero-order valence-corrected chi connectivity index (χ0v) is 16.4. The maximum absolute atomic E-state index is 12.9. The number of piperazine rings is 1. The molecule has 1 aliphatic heterocycles. The first-order chi connectivity index (χ1) is 13.1. The summed E-state index contributed by atoms with van der Waals surface area (Å²) in [5.74, 6) is 1.71. The highest BCUT2D eigenvalue weighted by Gasteiger charge is 2.37. The Kier molecular flexibility index (Phi) is 6.29. The van der Waals surface area contributed by atoms with E-state index >= 15 is 0 Å². The monoisotopic (exact) mass is 370 g/mol. The van der Waals surface area contributed by atoms with Crippen molar-refractivity contribution in [1.82, 2.24) is 14.8 Å². The fourth-order valence-corrected chi connectivity index (χ4v) is 3.68. The van der Waals surface area contributed by atoms with Crippen molar-refractivity contribution in [3.8, 4) is 11.3 Å². The molecule has 27 heavy (non-hydrogen) atoms. The summed E-state index contributed by atoms with van der Waals surface area (Å²) in [6.07, 6.45) is 3.36. The molecule has 0 spiro atoms. The molecular formula is C21H30N4O2. The number of nitrogens with two attached hydrogens (primary N) is 1. The summed E-state index contributed by atoms with van der Waals surface area (Å²) in [6.45, 7) is 8.29. The lowest BCUT2D eigenvalue weighted by Crippen LogP contribution is -2.54. The van der Waals surface area contributed by atoms with E-state index < -0.39 is 5.41 Å². The Morgan fingerprint density at radius 2 is 1.81 bits per heavy atom. The van der Waals surface area contributed by atoms with E-state index in [0.29, 0.717) is 19.0 Å². The summed E-state index contributed by atoms with van der Waals surface area (Å²) in [6, 6.07) is 9.99. The number of hydrogen-bond acceptors (Lipinski definition) is 5. The number of rotatable bonds is 7. The molecule has 2 N–H and O–H groups in total. The molecular weight excluding hydrogens is 340 g/mol. The second-order valence-corrected chi connectivity index (χ2v) is 7.24. The van der Waals surface area contributed by atoms with Crippen LogP contribution in [-0.4, -0.2) is 53.4 Å². The van der Waals surface area contributed by atoms with Crippen LogP contribution in [0.2, 0.25) is 0 Å². The van der Waals surface area contributed by atoms with Crippen LogP contribution in [0.15, 0.2) is 40.9 Å². The predicted molar refractivity (Wildman–Crippen MR) is 106 cm³/mol. The van der Waals surface area contributed by atoms with Crippen LogP contribution in [0.4, 0.5) is 0 Å². The number of oxazole rings is 1. The molecule has 2 heterocycles. The second kappa shape index (κ2) is 8.67. The third-order valence-corrected chi connectivity index (χ3v) is 5.83. The first-order valence-corrected chi connectivity index (χ1v) is 9.83. The van der Waals surface area contributed by atoms with Gasteiger partial charge in [-0.2, -0.15) is 0 Å². The summed E-state index contributed by atoms with van der Waals surface area (Å²) in [7, 11) is 0. The number of carbonyl (C=O) groups excluding carboxylic acids is 1. The van der Waals surface area contributed by atoms with Gasteiger partial charge in [0.25, 0.3) is 0 Å². The lowest BCUT2D eigenvalue weighted by Gasteiger charge is -2.40. The van der Waals surface area contributed by atoms with Crippen molar-refractivity contribution in [2.75, 3.05) is 32.7 Å². The molecule has 0 atom stereocenters. The van der Waals surface area contributed by atoms with E-state index in [4.69, 9.17) is 10.2 Å². The average molecular weight is 370 g/mol. The SMILES string of the molecule is CCC(CC)(CN)C(=O)N1CCN(Cc2ncc(-c3ccccc3)o2)CC1. The molecule has 0 aliphatic carbocycles. The zero-order valence-electron chi connectivity index (χ0n) is 16.4. The van der Waals surface area contributed by atoms with Crippen LogP contribution < -0.4 is 5.73 Å². The molecule has 0 bridgehead atoms. The Hall–Kier alpha value is -2.18. The fourth-order valence-electron chi connectivity index (χ4n) is 3.68. The maximum Gasteiger partial charge on any atom is 0.230 e. The minimum Gasteiger partial charge on any atom is -0.439 e. The van der Waals surface area contributed by atoms with E-state index in [1.165, 1.54) is 0 Å². The molecule has 0 radical (unpaired) electrons. The van der Waals surface area contributed by atoms with Crippen LogP contribution in [0.3, 0.4) is 0 Å².